The molecule has 2 unspecified atom stereocenters. The first-order valence-electron chi connectivity index (χ1n) is 3.73. The van der Waals surface area contributed by atoms with E-state index in [0.29, 0.717) is 20.7 Å². The highest BCUT2D eigenvalue weighted by Gasteiger charge is 2.29. The molecule has 1 aliphatic rings. The number of hydrogen-bond acceptors (Lipinski definition) is 2. The summed E-state index contributed by atoms with van der Waals surface area (Å²) in [4.78, 5) is 0.613. The Morgan fingerprint density at radius 1 is 1.38 bits per heavy atom. The molecule has 70 valence electrons. The molecule has 2 rings (SSSR count). The maximum Gasteiger partial charge on any atom is 0.0637 e. The van der Waals surface area contributed by atoms with Crippen molar-refractivity contribution in [3.8, 4) is 0 Å². The van der Waals surface area contributed by atoms with Crippen LogP contribution in [0, 0.1) is 0 Å². The lowest BCUT2D eigenvalue weighted by molar-refractivity contribution is 0.683. The minimum absolute atomic E-state index is 0.248. The van der Waals surface area contributed by atoms with Gasteiger partial charge in [0.2, 0.25) is 0 Å². The summed E-state index contributed by atoms with van der Waals surface area (Å²) >= 11 is 11.8. The second-order valence-electron chi connectivity index (χ2n) is 2.89. The van der Waals surface area contributed by atoms with Crippen LogP contribution < -0.4 is 5.73 Å². The van der Waals surface area contributed by atoms with Crippen LogP contribution in [-0.4, -0.2) is 9.96 Å². The molecule has 0 saturated carbocycles. The van der Waals surface area contributed by atoms with Gasteiger partial charge in [-0.1, -0.05) is 23.2 Å². The van der Waals surface area contributed by atoms with E-state index >= 15 is 0 Å². The van der Waals surface area contributed by atoms with Crippen molar-refractivity contribution in [2.45, 2.75) is 10.9 Å². The summed E-state index contributed by atoms with van der Waals surface area (Å²) in [6, 6.07) is 3.09. The predicted molar refractivity (Wildman–Crippen MR) is 54.7 cm³/mol. The topological polar surface area (TPSA) is 43.1 Å². The Kier molecular flexibility index (Phi) is 2.36. The van der Waals surface area contributed by atoms with Crippen LogP contribution in [0.4, 0.5) is 0 Å². The van der Waals surface area contributed by atoms with Gasteiger partial charge >= 0.3 is 0 Å². The van der Waals surface area contributed by atoms with Gasteiger partial charge in [0.25, 0.3) is 0 Å². The van der Waals surface area contributed by atoms with Crippen LogP contribution in [0.5, 0.6) is 0 Å². The average molecular weight is 236 g/mol. The smallest absolute Gasteiger partial charge is 0.0637 e. The van der Waals surface area contributed by atoms with Crippen LogP contribution >= 0.6 is 23.2 Å². The lowest BCUT2D eigenvalue weighted by Crippen LogP contribution is -2.10. The molecule has 1 heterocycles. The molecule has 2 atom stereocenters. The molecule has 2 N–H and O–H groups in total. The second-order valence-corrected chi connectivity index (χ2v) is 5.14. The number of benzene rings is 1. The molecular weight excluding hydrogens is 229 g/mol. The lowest BCUT2D eigenvalue weighted by Gasteiger charge is -2.05. The molecule has 0 amide bonds. The molecule has 1 aromatic rings. The van der Waals surface area contributed by atoms with Gasteiger partial charge in [-0.3, -0.25) is 4.21 Å². The zero-order valence-electron chi connectivity index (χ0n) is 6.59. The molecule has 0 fully saturated rings. The van der Waals surface area contributed by atoms with Crippen LogP contribution in [0.1, 0.15) is 11.6 Å². The van der Waals surface area contributed by atoms with Crippen molar-refractivity contribution in [1.29, 1.82) is 0 Å². The standard InChI is InChI=1S/C8H7Cl2NOS/c9-4-1-2-5(10)8-7(4)6(11)3-13(8)12/h1-2,6H,3,11H2. The van der Waals surface area contributed by atoms with E-state index in [4.69, 9.17) is 28.9 Å². The first-order valence-corrected chi connectivity index (χ1v) is 5.80. The molecule has 0 spiro atoms. The fourth-order valence-electron chi connectivity index (χ4n) is 1.46. The third kappa shape index (κ3) is 1.40. The number of nitrogens with two attached hydrogens (primary N) is 1. The molecule has 0 aromatic heterocycles. The molecular formula is C8H7Cl2NOS. The van der Waals surface area contributed by atoms with Crippen LogP contribution in [0.15, 0.2) is 17.0 Å². The maximum atomic E-state index is 11.5. The highest BCUT2D eigenvalue weighted by molar-refractivity contribution is 7.85. The van der Waals surface area contributed by atoms with E-state index in [9.17, 15) is 4.21 Å². The van der Waals surface area contributed by atoms with Gasteiger partial charge in [0.05, 0.1) is 20.7 Å². The third-order valence-electron chi connectivity index (χ3n) is 2.02. The number of rotatable bonds is 0. The fourth-order valence-corrected chi connectivity index (χ4v) is 3.68. The quantitative estimate of drug-likeness (QED) is 0.749. The highest BCUT2D eigenvalue weighted by atomic mass is 35.5. The van der Waals surface area contributed by atoms with E-state index in [1.807, 2.05) is 0 Å². The van der Waals surface area contributed by atoms with Crippen LogP contribution in [-0.2, 0) is 10.8 Å². The van der Waals surface area contributed by atoms with E-state index in [0.717, 1.165) is 5.56 Å². The summed E-state index contributed by atoms with van der Waals surface area (Å²) in [5, 5.41) is 1.04. The molecule has 2 nitrogen and oxygen atoms in total. The summed E-state index contributed by atoms with van der Waals surface area (Å²) in [5.41, 5.74) is 6.51. The summed E-state index contributed by atoms with van der Waals surface area (Å²) in [6.07, 6.45) is 0. The monoisotopic (exact) mass is 235 g/mol. The molecule has 0 aliphatic carbocycles. The van der Waals surface area contributed by atoms with E-state index in [1.54, 1.807) is 12.1 Å². The lowest BCUT2D eigenvalue weighted by atomic mass is 10.1. The van der Waals surface area contributed by atoms with Crippen molar-refractivity contribution < 1.29 is 4.21 Å². The zero-order chi connectivity index (χ0) is 9.59. The van der Waals surface area contributed by atoms with Gasteiger partial charge in [0.1, 0.15) is 0 Å². The van der Waals surface area contributed by atoms with E-state index in [-0.39, 0.29) is 6.04 Å². The Morgan fingerprint density at radius 3 is 2.62 bits per heavy atom. The maximum absolute atomic E-state index is 11.5. The fraction of sp³-hybridized carbons (Fsp3) is 0.250. The van der Waals surface area contributed by atoms with Gasteiger partial charge in [-0.25, -0.2) is 0 Å². The van der Waals surface area contributed by atoms with Crippen LogP contribution in [0.3, 0.4) is 0 Å². The minimum Gasteiger partial charge on any atom is -0.323 e. The molecule has 5 heteroatoms. The predicted octanol–water partition coefficient (Wildman–Crippen LogP) is 2.11. The van der Waals surface area contributed by atoms with Gasteiger partial charge in [-0.2, -0.15) is 0 Å². The van der Waals surface area contributed by atoms with Crippen molar-refractivity contribution in [2.24, 2.45) is 5.73 Å². The zero-order valence-corrected chi connectivity index (χ0v) is 8.92. The van der Waals surface area contributed by atoms with Crippen molar-refractivity contribution in [3.63, 3.8) is 0 Å². The van der Waals surface area contributed by atoms with Gasteiger partial charge < -0.3 is 5.73 Å². The summed E-state index contributed by atoms with van der Waals surface area (Å²) in [5.74, 6) is 0.415. The Labute approximate surface area is 88.5 Å². The second kappa shape index (κ2) is 3.24. The number of halogens is 2. The van der Waals surface area contributed by atoms with Crippen LogP contribution in [0.25, 0.3) is 0 Å². The van der Waals surface area contributed by atoms with Gasteiger partial charge in [-0.15, -0.1) is 0 Å². The van der Waals surface area contributed by atoms with Crippen LogP contribution in [0.2, 0.25) is 10.0 Å². The molecule has 1 aliphatic heterocycles. The first kappa shape index (κ1) is 9.46. The Hall–Kier alpha value is -0.0900. The minimum atomic E-state index is -1.09. The van der Waals surface area contributed by atoms with Gasteiger partial charge in [0.15, 0.2) is 0 Å². The third-order valence-corrected chi connectivity index (χ3v) is 4.34. The molecule has 13 heavy (non-hydrogen) atoms. The summed E-state index contributed by atoms with van der Waals surface area (Å²) in [6.45, 7) is 0. The molecule has 0 radical (unpaired) electrons. The van der Waals surface area contributed by atoms with Crippen molar-refractivity contribution in [2.75, 3.05) is 5.75 Å². The van der Waals surface area contributed by atoms with E-state index in [2.05, 4.69) is 0 Å². The normalized spacial score (nSPS) is 26.1. The Balaban J connectivity index is 2.74. The van der Waals surface area contributed by atoms with Gasteiger partial charge in [0, 0.05) is 22.4 Å². The van der Waals surface area contributed by atoms with Crippen molar-refractivity contribution in [1.82, 2.24) is 0 Å². The largest absolute Gasteiger partial charge is 0.323 e. The Bertz CT molecular complexity index is 394. The molecule has 1 aromatic carbocycles. The average Bonchev–Trinajstić information content (AvgIpc) is 2.36. The summed E-state index contributed by atoms with van der Waals surface area (Å²) in [7, 11) is -1.09. The number of fused-ring (bicyclic) bond motifs is 1. The SMILES string of the molecule is NC1CS(=O)c2c(Cl)ccc(Cl)c21. The first-order chi connectivity index (χ1) is 6.11. The van der Waals surface area contributed by atoms with Crippen molar-refractivity contribution >= 4 is 34.0 Å². The van der Waals surface area contributed by atoms with E-state index < -0.39 is 10.8 Å². The Morgan fingerprint density at radius 2 is 2.00 bits per heavy atom. The molecule has 0 bridgehead atoms. The highest BCUT2D eigenvalue weighted by Crippen LogP contribution is 2.38. The number of hydrogen-bond donors (Lipinski definition) is 1. The van der Waals surface area contributed by atoms with E-state index in [1.165, 1.54) is 0 Å². The van der Waals surface area contributed by atoms with Gasteiger partial charge in [-0.05, 0) is 12.1 Å². The van der Waals surface area contributed by atoms with Crippen molar-refractivity contribution in [3.05, 3.63) is 27.7 Å². The molecule has 0 saturated heterocycles. The summed E-state index contributed by atoms with van der Waals surface area (Å²) < 4.78 is 11.5.